The molecule has 1 heterocycles. The van der Waals surface area contributed by atoms with Gasteiger partial charge in [-0.15, -0.1) is 0 Å². The van der Waals surface area contributed by atoms with Gasteiger partial charge in [-0.3, -0.25) is 4.79 Å². The summed E-state index contributed by atoms with van der Waals surface area (Å²) >= 11 is 3.16. The number of nitrogens with one attached hydrogen (secondary N) is 1. The zero-order valence-corrected chi connectivity index (χ0v) is 10.3. The largest absolute Gasteiger partial charge is 0.389 e. The third-order valence-corrected chi connectivity index (χ3v) is 2.35. The van der Waals surface area contributed by atoms with E-state index >= 15 is 0 Å². The Morgan fingerprint density at radius 2 is 2.12 bits per heavy atom. The van der Waals surface area contributed by atoms with E-state index in [2.05, 4.69) is 26.2 Å². The van der Waals surface area contributed by atoms with Crippen LogP contribution >= 0.6 is 15.9 Å². The highest BCUT2D eigenvalue weighted by atomic mass is 79.9. The Kier molecular flexibility index (Phi) is 4.92. The van der Waals surface area contributed by atoms with E-state index in [0.717, 1.165) is 4.47 Å². The molecule has 0 bridgehead atoms. The molecule has 1 rings (SSSR count). The van der Waals surface area contributed by atoms with Crippen LogP contribution < -0.4 is 5.32 Å². The standard InChI is InChI=1S/C10H10BrF3N2O/c11-7-2-3-8(16-6-7)9(17)15-5-1-4-10(12,13)14/h2-3,6H,1,4-5H2,(H,15,17). The van der Waals surface area contributed by atoms with Crippen LogP contribution in [0.3, 0.4) is 0 Å². The average molecular weight is 311 g/mol. The molecule has 1 aromatic heterocycles. The minimum absolute atomic E-state index is 0.0178. The third kappa shape index (κ3) is 5.67. The van der Waals surface area contributed by atoms with Crippen LogP contribution in [0.1, 0.15) is 23.3 Å². The van der Waals surface area contributed by atoms with Crippen molar-refractivity contribution in [3.8, 4) is 0 Å². The smallest absolute Gasteiger partial charge is 0.351 e. The van der Waals surface area contributed by atoms with Gasteiger partial charge >= 0.3 is 6.18 Å². The number of hydrogen-bond donors (Lipinski definition) is 1. The summed E-state index contributed by atoms with van der Waals surface area (Å²) in [4.78, 5) is 15.2. The monoisotopic (exact) mass is 310 g/mol. The summed E-state index contributed by atoms with van der Waals surface area (Å²) in [5.41, 5.74) is 0.181. The molecule has 94 valence electrons. The molecule has 0 aliphatic carbocycles. The Labute approximate surface area is 105 Å². The first kappa shape index (κ1) is 14.0. The van der Waals surface area contributed by atoms with Crippen LogP contribution in [-0.2, 0) is 0 Å². The van der Waals surface area contributed by atoms with Crippen molar-refractivity contribution >= 4 is 21.8 Å². The Morgan fingerprint density at radius 3 is 2.65 bits per heavy atom. The molecule has 0 spiro atoms. The van der Waals surface area contributed by atoms with Crippen LogP contribution in [-0.4, -0.2) is 23.6 Å². The molecular weight excluding hydrogens is 301 g/mol. The van der Waals surface area contributed by atoms with Gasteiger partial charge in [0.25, 0.3) is 5.91 Å². The molecule has 3 nitrogen and oxygen atoms in total. The summed E-state index contributed by atoms with van der Waals surface area (Å²) in [5.74, 6) is -0.473. The molecule has 0 saturated heterocycles. The van der Waals surface area contributed by atoms with E-state index in [1.807, 2.05) is 0 Å². The zero-order chi connectivity index (χ0) is 12.9. The number of nitrogens with zero attached hydrogens (tertiary/aromatic N) is 1. The molecule has 0 fully saturated rings. The van der Waals surface area contributed by atoms with Gasteiger partial charge in [-0.25, -0.2) is 4.98 Å². The lowest BCUT2D eigenvalue weighted by molar-refractivity contribution is -0.135. The summed E-state index contributed by atoms with van der Waals surface area (Å²) in [5, 5.41) is 2.37. The van der Waals surface area contributed by atoms with E-state index in [4.69, 9.17) is 0 Å². The van der Waals surface area contributed by atoms with Crippen LogP contribution in [0, 0.1) is 0 Å². The number of carbonyl (C=O) groups is 1. The molecule has 1 aromatic rings. The maximum absolute atomic E-state index is 11.8. The van der Waals surface area contributed by atoms with Gasteiger partial charge in [0.1, 0.15) is 5.69 Å². The van der Waals surface area contributed by atoms with Crippen molar-refractivity contribution in [3.63, 3.8) is 0 Å². The van der Waals surface area contributed by atoms with E-state index in [1.54, 1.807) is 6.07 Å². The van der Waals surface area contributed by atoms with Gasteiger partial charge in [0, 0.05) is 23.6 Å². The summed E-state index contributed by atoms with van der Waals surface area (Å²) in [6.45, 7) is -0.0178. The topological polar surface area (TPSA) is 42.0 Å². The molecule has 7 heteroatoms. The molecule has 0 aromatic carbocycles. The average Bonchev–Trinajstić information content (AvgIpc) is 2.24. The van der Waals surface area contributed by atoms with Crippen molar-refractivity contribution in [2.75, 3.05) is 6.54 Å². The van der Waals surface area contributed by atoms with Gasteiger partial charge in [-0.1, -0.05) is 0 Å². The number of carbonyl (C=O) groups excluding carboxylic acids is 1. The Hall–Kier alpha value is -1.11. The van der Waals surface area contributed by atoms with Crippen molar-refractivity contribution in [1.29, 1.82) is 0 Å². The Balaban J connectivity index is 2.33. The molecule has 17 heavy (non-hydrogen) atoms. The van der Waals surface area contributed by atoms with Crippen LogP contribution in [0.25, 0.3) is 0 Å². The normalized spacial score (nSPS) is 11.3. The van der Waals surface area contributed by atoms with Gasteiger partial charge in [-0.05, 0) is 34.5 Å². The predicted molar refractivity (Wildman–Crippen MR) is 59.6 cm³/mol. The van der Waals surface area contributed by atoms with Crippen molar-refractivity contribution in [2.45, 2.75) is 19.0 Å². The summed E-state index contributed by atoms with van der Waals surface area (Å²) in [6, 6.07) is 3.13. The Morgan fingerprint density at radius 1 is 1.41 bits per heavy atom. The van der Waals surface area contributed by atoms with Gasteiger partial charge in [0.15, 0.2) is 0 Å². The first-order chi connectivity index (χ1) is 7.88. The van der Waals surface area contributed by atoms with Crippen molar-refractivity contribution < 1.29 is 18.0 Å². The van der Waals surface area contributed by atoms with E-state index in [0.29, 0.717) is 0 Å². The second-order valence-electron chi connectivity index (χ2n) is 3.34. The lowest BCUT2D eigenvalue weighted by Crippen LogP contribution is -2.26. The molecule has 0 atom stereocenters. The minimum Gasteiger partial charge on any atom is -0.351 e. The SMILES string of the molecule is O=C(NCCCC(F)(F)F)c1ccc(Br)cn1. The van der Waals surface area contributed by atoms with Crippen LogP contribution in [0.4, 0.5) is 13.2 Å². The highest BCUT2D eigenvalue weighted by Gasteiger charge is 2.25. The fraction of sp³-hybridized carbons (Fsp3) is 0.400. The number of aromatic nitrogens is 1. The van der Waals surface area contributed by atoms with E-state index in [1.165, 1.54) is 12.3 Å². The fourth-order valence-electron chi connectivity index (χ4n) is 1.09. The minimum atomic E-state index is -4.18. The van der Waals surface area contributed by atoms with Crippen LogP contribution in [0.2, 0.25) is 0 Å². The highest BCUT2D eigenvalue weighted by molar-refractivity contribution is 9.10. The maximum atomic E-state index is 11.8. The highest BCUT2D eigenvalue weighted by Crippen LogP contribution is 2.20. The molecule has 0 unspecified atom stereocenters. The second-order valence-corrected chi connectivity index (χ2v) is 4.25. The summed E-state index contributed by atoms with van der Waals surface area (Å²) in [7, 11) is 0. The van der Waals surface area contributed by atoms with E-state index < -0.39 is 18.5 Å². The zero-order valence-electron chi connectivity index (χ0n) is 8.72. The second kappa shape index (κ2) is 6.00. The number of rotatable bonds is 4. The molecule has 1 amide bonds. The number of pyridine rings is 1. The first-order valence-corrected chi connectivity index (χ1v) is 5.64. The van der Waals surface area contributed by atoms with Gasteiger partial charge in [0.2, 0.25) is 0 Å². The molecule has 0 aliphatic heterocycles. The molecule has 1 N–H and O–H groups in total. The maximum Gasteiger partial charge on any atom is 0.389 e. The molecule has 0 saturated carbocycles. The third-order valence-electron chi connectivity index (χ3n) is 1.88. The van der Waals surface area contributed by atoms with Crippen LogP contribution in [0.15, 0.2) is 22.8 Å². The molecule has 0 radical (unpaired) electrons. The lowest BCUT2D eigenvalue weighted by Gasteiger charge is -2.07. The fourth-order valence-corrected chi connectivity index (χ4v) is 1.33. The van der Waals surface area contributed by atoms with E-state index in [-0.39, 0.29) is 18.7 Å². The van der Waals surface area contributed by atoms with E-state index in [9.17, 15) is 18.0 Å². The van der Waals surface area contributed by atoms with Crippen molar-refractivity contribution in [1.82, 2.24) is 10.3 Å². The van der Waals surface area contributed by atoms with Gasteiger partial charge in [-0.2, -0.15) is 13.2 Å². The quantitative estimate of drug-likeness (QED) is 0.869. The summed E-state index contributed by atoms with van der Waals surface area (Å²) < 4.78 is 36.2. The summed E-state index contributed by atoms with van der Waals surface area (Å²) in [6.07, 6.45) is -3.77. The van der Waals surface area contributed by atoms with Crippen molar-refractivity contribution in [3.05, 3.63) is 28.5 Å². The van der Waals surface area contributed by atoms with Crippen LogP contribution in [0.5, 0.6) is 0 Å². The predicted octanol–water partition coefficient (Wildman–Crippen LogP) is 2.92. The Bertz CT molecular complexity index is 378. The number of hydrogen-bond acceptors (Lipinski definition) is 2. The van der Waals surface area contributed by atoms with Gasteiger partial charge in [0.05, 0.1) is 0 Å². The van der Waals surface area contributed by atoms with Crippen molar-refractivity contribution in [2.24, 2.45) is 0 Å². The molecular formula is C10H10BrF3N2O. The lowest BCUT2D eigenvalue weighted by atomic mass is 10.3. The van der Waals surface area contributed by atoms with Gasteiger partial charge < -0.3 is 5.32 Å². The molecule has 0 aliphatic rings. The first-order valence-electron chi connectivity index (χ1n) is 4.85. The number of halogens is 4. The number of amides is 1. The number of alkyl halides is 3.